The molecule has 4 heteroatoms. The lowest BCUT2D eigenvalue weighted by Crippen LogP contribution is -2.22. The molecule has 15 heavy (non-hydrogen) atoms. The monoisotopic (exact) mass is 206 g/mol. The minimum atomic E-state index is 0.0718. The van der Waals surface area contributed by atoms with Gasteiger partial charge in [0.15, 0.2) is 5.78 Å². The first-order chi connectivity index (χ1) is 7.36. The molecule has 0 amide bonds. The first-order valence-electron chi connectivity index (χ1n) is 5.26. The maximum Gasteiger partial charge on any atom is 0.168 e. The lowest BCUT2D eigenvalue weighted by Gasteiger charge is -2.21. The van der Waals surface area contributed by atoms with Crippen LogP contribution >= 0.6 is 0 Å². The topological polar surface area (TPSA) is 52.1 Å². The zero-order valence-electron chi connectivity index (χ0n) is 8.56. The number of hydrogen-bond donors (Lipinski definition) is 0. The molecule has 1 unspecified atom stereocenters. The SMILES string of the molecule is O=C(CC1CCCCO1)c1cncnc1. The number of carbonyl (C=O) groups excluding carboxylic acids is 1. The highest BCUT2D eigenvalue weighted by molar-refractivity contribution is 5.95. The molecule has 0 radical (unpaired) electrons. The van der Waals surface area contributed by atoms with Crippen molar-refractivity contribution in [2.24, 2.45) is 0 Å². The third-order valence-electron chi connectivity index (χ3n) is 2.57. The Kier molecular flexibility index (Phi) is 3.40. The van der Waals surface area contributed by atoms with E-state index < -0.39 is 0 Å². The van der Waals surface area contributed by atoms with Crippen molar-refractivity contribution in [3.63, 3.8) is 0 Å². The van der Waals surface area contributed by atoms with Crippen LogP contribution in [0.15, 0.2) is 18.7 Å². The molecule has 2 rings (SSSR count). The van der Waals surface area contributed by atoms with E-state index in [9.17, 15) is 4.79 Å². The van der Waals surface area contributed by atoms with Crippen molar-refractivity contribution in [2.75, 3.05) is 6.61 Å². The highest BCUT2D eigenvalue weighted by Crippen LogP contribution is 2.17. The van der Waals surface area contributed by atoms with E-state index in [4.69, 9.17) is 4.74 Å². The van der Waals surface area contributed by atoms with E-state index in [0.29, 0.717) is 12.0 Å². The number of aromatic nitrogens is 2. The molecule has 1 aromatic rings. The van der Waals surface area contributed by atoms with Gasteiger partial charge in [-0.25, -0.2) is 9.97 Å². The summed E-state index contributed by atoms with van der Waals surface area (Å²) in [6.45, 7) is 0.781. The minimum absolute atomic E-state index is 0.0718. The number of nitrogens with zero attached hydrogens (tertiary/aromatic N) is 2. The molecule has 2 heterocycles. The number of ketones is 1. The van der Waals surface area contributed by atoms with E-state index in [1.54, 1.807) is 12.4 Å². The number of ether oxygens (including phenoxy) is 1. The van der Waals surface area contributed by atoms with Gasteiger partial charge in [-0.2, -0.15) is 0 Å². The lowest BCUT2D eigenvalue weighted by atomic mass is 10.0. The highest BCUT2D eigenvalue weighted by atomic mass is 16.5. The van der Waals surface area contributed by atoms with Crippen LogP contribution in [0.25, 0.3) is 0 Å². The number of rotatable bonds is 3. The molecule has 1 aliphatic heterocycles. The van der Waals surface area contributed by atoms with Crippen molar-refractivity contribution < 1.29 is 9.53 Å². The van der Waals surface area contributed by atoms with Crippen molar-refractivity contribution >= 4 is 5.78 Å². The molecule has 1 aliphatic rings. The van der Waals surface area contributed by atoms with Crippen LogP contribution in [-0.2, 0) is 4.74 Å². The van der Waals surface area contributed by atoms with E-state index >= 15 is 0 Å². The predicted molar refractivity (Wildman–Crippen MR) is 54.6 cm³/mol. The second kappa shape index (κ2) is 4.98. The van der Waals surface area contributed by atoms with Crippen LogP contribution < -0.4 is 0 Å². The van der Waals surface area contributed by atoms with Gasteiger partial charge in [-0.05, 0) is 19.3 Å². The third kappa shape index (κ3) is 2.83. The summed E-state index contributed by atoms with van der Waals surface area (Å²) in [4.78, 5) is 19.4. The maximum absolute atomic E-state index is 11.8. The van der Waals surface area contributed by atoms with E-state index in [1.807, 2.05) is 0 Å². The van der Waals surface area contributed by atoms with E-state index in [2.05, 4.69) is 9.97 Å². The first-order valence-corrected chi connectivity index (χ1v) is 5.26. The van der Waals surface area contributed by atoms with Crippen molar-refractivity contribution in [3.8, 4) is 0 Å². The Labute approximate surface area is 88.7 Å². The molecule has 0 aliphatic carbocycles. The fraction of sp³-hybridized carbons (Fsp3) is 0.545. The van der Waals surface area contributed by atoms with Crippen LogP contribution in [-0.4, -0.2) is 28.5 Å². The van der Waals surface area contributed by atoms with Crippen LogP contribution in [0.3, 0.4) is 0 Å². The second-order valence-electron chi connectivity index (χ2n) is 3.74. The van der Waals surface area contributed by atoms with Gasteiger partial charge in [0.1, 0.15) is 6.33 Å². The third-order valence-corrected chi connectivity index (χ3v) is 2.57. The summed E-state index contributed by atoms with van der Waals surface area (Å²) in [5.74, 6) is 0.0718. The Bertz CT molecular complexity index is 321. The largest absolute Gasteiger partial charge is 0.378 e. The van der Waals surface area contributed by atoms with Crippen LogP contribution in [0.2, 0.25) is 0 Å². The summed E-state index contributed by atoms with van der Waals surface area (Å²) in [5.41, 5.74) is 0.576. The van der Waals surface area contributed by atoms with Crippen LogP contribution in [0.5, 0.6) is 0 Å². The molecule has 0 N–H and O–H groups in total. The molecule has 80 valence electrons. The van der Waals surface area contributed by atoms with Gasteiger partial charge >= 0.3 is 0 Å². The summed E-state index contributed by atoms with van der Waals surface area (Å²) in [6.07, 6.45) is 8.32. The predicted octanol–water partition coefficient (Wildman–Crippen LogP) is 1.62. The summed E-state index contributed by atoms with van der Waals surface area (Å²) in [6, 6.07) is 0. The molecule has 0 bridgehead atoms. The van der Waals surface area contributed by atoms with Crippen molar-refractivity contribution in [1.82, 2.24) is 9.97 Å². The summed E-state index contributed by atoms with van der Waals surface area (Å²) >= 11 is 0. The smallest absolute Gasteiger partial charge is 0.168 e. The van der Waals surface area contributed by atoms with Gasteiger partial charge in [0.2, 0.25) is 0 Å². The standard InChI is InChI=1S/C11H14N2O2/c14-11(9-6-12-8-13-7-9)5-10-3-1-2-4-15-10/h6-8,10H,1-5H2. The Morgan fingerprint density at radius 3 is 2.87 bits per heavy atom. The number of Topliss-reactive ketones (excluding diaryl/α,β-unsaturated/α-hetero) is 1. The first kappa shape index (κ1) is 10.2. The molecule has 1 fully saturated rings. The van der Waals surface area contributed by atoms with E-state index in [1.165, 1.54) is 6.33 Å². The minimum Gasteiger partial charge on any atom is -0.378 e. The van der Waals surface area contributed by atoms with E-state index in [0.717, 1.165) is 25.9 Å². The van der Waals surface area contributed by atoms with Gasteiger partial charge in [-0.3, -0.25) is 4.79 Å². The van der Waals surface area contributed by atoms with Crippen LogP contribution in [0.1, 0.15) is 36.0 Å². The van der Waals surface area contributed by atoms with Gasteiger partial charge < -0.3 is 4.74 Å². The average molecular weight is 206 g/mol. The Morgan fingerprint density at radius 1 is 1.40 bits per heavy atom. The number of hydrogen-bond acceptors (Lipinski definition) is 4. The average Bonchev–Trinajstić information content (AvgIpc) is 2.31. The quantitative estimate of drug-likeness (QED) is 0.705. The van der Waals surface area contributed by atoms with Crippen molar-refractivity contribution in [2.45, 2.75) is 31.8 Å². The zero-order valence-corrected chi connectivity index (χ0v) is 8.56. The van der Waals surface area contributed by atoms with Gasteiger partial charge in [0.25, 0.3) is 0 Å². The molecule has 4 nitrogen and oxygen atoms in total. The summed E-state index contributed by atoms with van der Waals surface area (Å²) in [7, 11) is 0. The zero-order chi connectivity index (χ0) is 10.5. The molecule has 0 saturated carbocycles. The summed E-state index contributed by atoms with van der Waals surface area (Å²) in [5, 5.41) is 0. The molecular weight excluding hydrogens is 192 g/mol. The van der Waals surface area contributed by atoms with Gasteiger partial charge in [-0.15, -0.1) is 0 Å². The molecular formula is C11H14N2O2. The van der Waals surface area contributed by atoms with Gasteiger partial charge in [0.05, 0.1) is 11.7 Å². The van der Waals surface area contributed by atoms with Gasteiger partial charge in [-0.1, -0.05) is 0 Å². The van der Waals surface area contributed by atoms with Crippen LogP contribution in [0, 0.1) is 0 Å². The summed E-state index contributed by atoms with van der Waals surface area (Å²) < 4.78 is 5.51. The van der Waals surface area contributed by atoms with Crippen LogP contribution in [0.4, 0.5) is 0 Å². The second-order valence-corrected chi connectivity index (χ2v) is 3.74. The molecule has 1 aromatic heterocycles. The van der Waals surface area contributed by atoms with Crippen molar-refractivity contribution in [1.29, 1.82) is 0 Å². The molecule has 1 atom stereocenters. The van der Waals surface area contributed by atoms with Gasteiger partial charge in [0, 0.05) is 25.4 Å². The normalized spacial score (nSPS) is 21.2. The molecule has 0 spiro atoms. The fourth-order valence-electron chi connectivity index (χ4n) is 1.74. The maximum atomic E-state index is 11.8. The number of carbonyl (C=O) groups is 1. The Morgan fingerprint density at radius 2 is 2.20 bits per heavy atom. The fourth-order valence-corrected chi connectivity index (χ4v) is 1.74. The Balaban J connectivity index is 1.91. The van der Waals surface area contributed by atoms with Crippen molar-refractivity contribution in [3.05, 3.63) is 24.3 Å². The highest BCUT2D eigenvalue weighted by Gasteiger charge is 2.18. The molecule has 1 saturated heterocycles. The van der Waals surface area contributed by atoms with E-state index in [-0.39, 0.29) is 11.9 Å². The molecule has 0 aromatic carbocycles. The lowest BCUT2D eigenvalue weighted by molar-refractivity contribution is 0.0129. The Hall–Kier alpha value is -1.29.